The number of piperidine rings is 2. The second kappa shape index (κ2) is 9.08. The number of thiophene rings is 1. The normalized spacial score (nSPS) is 19.8. The van der Waals surface area contributed by atoms with Crippen LogP contribution in [0.5, 0.6) is 0 Å². The number of guanidine groups is 1. The van der Waals surface area contributed by atoms with Gasteiger partial charge in [-0.1, -0.05) is 0 Å². The molecule has 1 amide bonds. The monoisotopic (exact) mass is 363 g/mol. The molecule has 138 valence electrons. The fraction of sp³-hybridized carbons (Fsp3) is 0.667. The molecule has 0 spiro atoms. The Labute approximate surface area is 154 Å². The first kappa shape index (κ1) is 18.0. The smallest absolute Gasteiger partial charge is 0.241 e. The van der Waals surface area contributed by atoms with Gasteiger partial charge in [0.2, 0.25) is 5.91 Å². The quantitative estimate of drug-likeness (QED) is 0.634. The molecular formula is C18H29N5OS. The van der Waals surface area contributed by atoms with Crippen LogP contribution >= 0.6 is 11.3 Å². The van der Waals surface area contributed by atoms with Gasteiger partial charge in [-0.15, -0.1) is 11.3 Å². The van der Waals surface area contributed by atoms with Gasteiger partial charge >= 0.3 is 0 Å². The highest BCUT2D eigenvalue weighted by Crippen LogP contribution is 2.24. The van der Waals surface area contributed by atoms with Crippen LogP contribution in [0, 0.1) is 0 Å². The Balaban J connectivity index is 1.40. The second-order valence-electron chi connectivity index (χ2n) is 6.72. The van der Waals surface area contributed by atoms with Crippen LogP contribution < -0.4 is 15.5 Å². The Bertz CT molecular complexity index is 560. The molecule has 0 radical (unpaired) electrons. The minimum absolute atomic E-state index is 0.176. The topological polar surface area (TPSA) is 60.0 Å². The molecule has 3 rings (SSSR count). The zero-order chi connectivity index (χ0) is 17.5. The van der Waals surface area contributed by atoms with Crippen molar-refractivity contribution in [3.63, 3.8) is 0 Å². The molecule has 2 N–H and O–H groups in total. The van der Waals surface area contributed by atoms with Gasteiger partial charge in [-0.25, -0.2) is 0 Å². The fourth-order valence-corrected chi connectivity index (χ4v) is 4.28. The third-order valence-electron chi connectivity index (χ3n) is 4.99. The maximum atomic E-state index is 12.3. The van der Waals surface area contributed by atoms with Crippen LogP contribution in [0.25, 0.3) is 0 Å². The average molecular weight is 364 g/mol. The van der Waals surface area contributed by atoms with Crippen molar-refractivity contribution in [2.45, 2.75) is 38.1 Å². The van der Waals surface area contributed by atoms with Crippen molar-refractivity contribution in [3.05, 3.63) is 17.5 Å². The summed E-state index contributed by atoms with van der Waals surface area (Å²) in [5, 5.41) is 10.1. The number of rotatable bonds is 4. The molecule has 0 aliphatic carbocycles. The Kier molecular flexibility index (Phi) is 6.55. The van der Waals surface area contributed by atoms with Crippen molar-refractivity contribution >= 4 is 28.2 Å². The third kappa shape index (κ3) is 5.11. The largest absolute Gasteiger partial charge is 0.363 e. The Morgan fingerprint density at radius 1 is 1.24 bits per heavy atom. The molecule has 7 heteroatoms. The number of anilines is 1. The molecule has 0 aromatic carbocycles. The zero-order valence-electron chi connectivity index (χ0n) is 15.0. The highest BCUT2D eigenvalue weighted by molar-refractivity contribution is 7.14. The third-order valence-corrected chi connectivity index (χ3v) is 5.92. The van der Waals surface area contributed by atoms with E-state index in [-0.39, 0.29) is 5.91 Å². The summed E-state index contributed by atoms with van der Waals surface area (Å²) in [5.74, 6) is 0.912. The average Bonchev–Trinajstić information content (AvgIpc) is 3.21. The summed E-state index contributed by atoms with van der Waals surface area (Å²) in [6.07, 6.45) is 5.66. The summed E-state index contributed by atoms with van der Waals surface area (Å²) in [4.78, 5) is 20.9. The maximum Gasteiger partial charge on any atom is 0.241 e. The molecular weight excluding hydrogens is 334 g/mol. The van der Waals surface area contributed by atoms with Crippen LogP contribution in [0.4, 0.5) is 5.00 Å². The summed E-state index contributed by atoms with van der Waals surface area (Å²) in [5.41, 5.74) is 0. The lowest BCUT2D eigenvalue weighted by molar-refractivity contribution is -0.130. The van der Waals surface area contributed by atoms with E-state index >= 15 is 0 Å². The Hall–Kier alpha value is -1.76. The van der Waals surface area contributed by atoms with Gasteiger partial charge in [0.25, 0.3) is 0 Å². The lowest BCUT2D eigenvalue weighted by Crippen LogP contribution is -2.51. The van der Waals surface area contributed by atoms with E-state index in [1.807, 2.05) is 4.90 Å². The number of hydrogen-bond acceptors (Lipinski definition) is 4. The molecule has 1 aromatic heterocycles. The van der Waals surface area contributed by atoms with Crippen LogP contribution in [0.2, 0.25) is 0 Å². The van der Waals surface area contributed by atoms with Crippen molar-refractivity contribution in [2.24, 2.45) is 4.99 Å². The number of nitrogens with one attached hydrogen (secondary N) is 2. The molecule has 2 fully saturated rings. The first-order valence-corrected chi connectivity index (χ1v) is 10.2. The second-order valence-corrected chi connectivity index (χ2v) is 7.65. The first-order valence-electron chi connectivity index (χ1n) is 9.29. The molecule has 3 heterocycles. The number of amides is 1. The van der Waals surface area contributed by atoms with Crippen LogP contribution in [0.3, 0.4) is 0 Å². The molecule has 2 aliphatic rings. The van der Waals surface area contributed by atoms with Gasteiger partial charge in [-0.3, -0.25) is 9.79 Å². The van der Waals surface area contributed by atoms with Crippen LogP contribution in [-0.2, 0) is 4.79 Å². The van der Waals surface area contributed by atoms with Crippen molar-refractivity contribution in [1.82, 2.24) is 15.5 Å². The highest BCUT2D eigenvalue weighted by atomic mass is 32.1. The fourth-order valence-electron chi connectivity index (χ4n) is 3.50. The van der Waals surface area contributed by atoms with Crippen LogP contribution in [-0.4, -0.2) is 62.6 Å². The molecule has 25 heavy (non-hydrogen) atoms. The van der Waals surface area contributed by atoms with Crippen LogP contribution in [0.1, 0.15) is 32.1 Å². The van der Waals surface area contributed by atoms with Crippen molar-refractivity contribution in [3.8, 4) is 0 Å². The number of likely N-dealkylation sites (tertiary alicyclic amines) is 1. The maximum absolute atomic E-state index is 12.3. The molecule has 0 saturated carbocycles. The summed E-state index contributed by atoms with van der Waals surface area (Å²) in [7, 11) is 1.77. The van der Waals surface area contributed by atoms with E-state index in [2.05, 4.69) is 38.0 Å². The van der Waals surface area contributed by atoms with E-state index < -0.39 is 0 Å². The minimum atomic E-state index is 0.176. The predicted octanol–water partition coefficient (Wildman–Crippen LogP) is 1.89. The summed E-state index contributed by atoms with van der Waals surface area (Å²) >= 11 is 1.80. The van der Waals surface area contributed by atoms with Gasteiger partial charge in [0, 0.05) is 39.3 Å². The Morgan fingerprint density at radius 2 is 2.00 bits per heavy atom. The zero-order valence-corrected chi connectivity index (χ0v) is 15.9. The molecule has 1 aromatic rings. The molecule has 0 unspecified atom stereocenters. The lowest BCUT2D eigenvalue weighted by atomic mass is 10.1. The van der Waals surface area contributed by atoms with Gasteiger partial charge in [-0.05, 0) is 49.6 Å². The molecule has 0 atom stereocenters. The standard InChI is InChI=1S/C18H29N5OS/c1-19-18(20-14-16(24)22-9-3-2-4-10-22)21-15-7-11-23(12-8-15)17-6-5-13-25-17/h5-6,13,15H,2-4,7-12,14H2,1H3,(H2,19,20,21). The van der Waals surface area contributed by atoms with Crippen molar-refractivity contribution < 1.29 is 4.79 Å². The minimum Gasteiger partial charge on any atom is -0.363 e. The van der Waals surface area contributed by atoms with E-state index in [1.54, 1.807) is 18.4 Å². The molecule has 0 bridgehead atoms. The predicted molar refractivity (Wildman–Crippen MR) is 104 cm³/mol. The number of aliphatic imine (C=N–C) groups is 1. The van der Waals surface area contributed by atoms with E-state index in [0.29, 0.717) is 12.6 Å². The molecule has 2 saturated heterocycles. The van der Waals surface area contributed by atoms with Crippen LogP contribution in [0.15, 0.2) is 22.5 Å². The summed E-state index contributed by atoms with van der Waals surface area (Å²) in [6, 6.07) is 4.70. The number of nitrogens with zero attached hydrogens (tertiary/aromatic N) is 3. The molecule has 6 nitrogen and oxygen atoms in total. The highest BCUT2D eigenvalue weighted by Gasteiger charge is 2.21. The van der Waals surface area contributed by atoms with Crippen molar-refractivity contribution in [1.29, 1.82) is 0 Å². The van der Waals surface area contributed by atoms with E-state index in [9.17, 15) is 4.79 Å². The van der Waals surface area contributed by atoms with Gasteiger partial charge in [0.05, 0.1) is 11.5 Å². The SMILES string of the molecule is CN=C(NCC(=O)N1CCCCC1)NC1CCN(c2cccs2)CC1. The van der Waals surface area contributed by atoms with Gasteiger partial charge < -0.3 is 20.4 Å². The van der Waals surface area contributed by atoms with Gasteiger partial charge in [0.1, 0.15) is 0 Å². The summed E-state index contributed by atoms with van der Waals surface area (Å²) < 4.78 is 0. The lowest BCUT2D eigenvalue weighted by Gasteiger charge is -2.33. The van der Waals surface area contributed by atoms with Crippen molar-refractivity contribution in [2.75, 3.05) is 44.7 Å². The number of carbonyl (C=O) groups is 1. The number of hydrogen-bond donors (Lipinski definition) is 2. The van der Waals surface area contributed by atoms with E-state index in [4.69, 9.17) is 0 Å². The summed E-state index contributed by atoms with van der Waals surface area (Å²) in [6.45, 7) is 4.24. The molecule has 2 aliphatic heterocycles. The first-order chi connectivity index (χ1) is 12.3. The van der Waals surface area contributed by atoms with Gasteiger partial charge in [-0.2, -0.15) is 0 Å². The van der Waals surface area contributed by atoms with Gasteiger partial charge in [0.15, 0.2) is 5.96 Å². The Morgan fingerprint density at radius 3 is 2.64 bits per heavy atom. The van der Waals surface area contributed by atoms with E-state index in [1.165, 1.54) is 11.4 Å². The number of carbonyl (C=O) groups excluding carboxylic acids is 1. The van der Waals surface area contributed by atoms with E-state index in [0.717, 1.165) is 57.8 Å².